The van der Waals surface area contributed by atoms with Gasteiger partial charge in [0.1, 0.15) is 11.7 Å². The van der Waals surface area contributed by atoms with Gasteiger partial charge in [0.15, 0.2) is 5.82 Å². The molecule has 1 unspecified atom stereocenters. The van der Waals surface area contributed by atoms with E-state index in [1.165, 1.54) is 0 Å². The van der Waals surface area contributed by atoms with Crippen molar-refractivity contribution in [2.24, 2.45) is 7.05 Å². The Morgan fingerprint density at radius 2 is 2.00 bits per heavy atom. The average Bonchev–Trinajstić information content (AvgIpc) is 3.11. The van der Waals surface area contributed by atoms with E-state index in [1.54, 1.807) is 4.68 Å². The van der Waals surface area contributed by atoms with Crippen molar-refractivity contribution >= 4 is 5.91 Å². The van der Waals surface area contributed by atoms with Crippen LogP contribution in [0.2, 0.25) is 0 Å². The molecule has 2 aromatic heterocycles. The topological polar surface area (TPSA) is 77.1 Å². The zero-order valence-electron chi connectivity index (χ0n) is 15.2. The van der Waals surface area contributed by atoms with Crippen molar-refractivity contribution in [3.63, 3.8) is 0 Å². The lowest BCUT2D eigenvalue weighted by Crippen LogP contribution is -2.32. The van der Waals surface area contributed by atoms with Crippen LogP contribution in [0.15, 0.2) is 40.9 Å². The second kappa shape index (κ2) is 6.33. The second-order valence-electron chi connectivity index (χ2n) is 7.33. The van der Waals surface area contributed by atoms with Gasteiger partial charge in [0, 0.05) is 25.1 Å². The van der Waals surface area contributed by atoms with Gasteiger partial charge in [-0.25, -0.2) is 0 Å². The fourth-order valence-electron chi connectivity index (χ4n) is 3.72. The minimum atomic E-state index is -0.146. The molecule has 0 spiro atoms. The van der Waals surface area contributed by atoms with E-state index in [0.717, 1.165) is 42.8 Å². The van der Waals surface area contributed by atoms with E-state index in [2.05, 4.69) is 15.2 Å². The van der Waals surface area contributed by atoms with Crippen LogP contribution in [0.4, 0.5) is 0 Å². The van der Waals surface area contributed by atoms with Crippen LogP contribution in [0.1, 0.15) is 59.8 Å². The SMILES string of the molecule is Cn1nc(-c2ccccc2)cc1C(=O)N1CCCC1c1nc(C2CC2)no1. The molecule has 0 radical (unpaired) electrons. The van der Waals surface area contributed by atoms with Crippen molar-refractivity contribution in [1.82, 2.24) is 24.8 Å². The first-order valence-electron chi connectivity index (χ1n) is 9.44. The Labute approximate surface area is 157 Å². The van der Waals surface area contributed by atoms with Gasteiger partial charge >= 0.3 is 0 Å². The Morgan fingerprint density at radius 1 is 1.19 bits per heavy atom. The summed E-state index contributed by atoms with van der Waals surface area (Å²) in [4.78, 5) is 19.6. The molecule has 1 aromatic carbocycles. The molecule has 138 valence electrons. The Hall–Kier alpha value is -2.96. The third-order valence-corrected chi connectivity index (χ3v) is 5.37. The van der Waals surface area contributed by atoms with Crippen molar-refractivity contribution in [2.45, 2.75) is 37.6 Å². The van der Waals surface area contributed by atoms with Gasteiger partial charge in [-0.1, -0.05) is 35.5 Å². The monoisotopic (exact) mass is 363 g/mol. The fraction of sp³-hybridized carbons (Fsp3) is 0.400. The summed E-state index contributed by atoms with van der Waals surface area (Å²) in [6.07, 6.45) is 4.04. The summed E-state index contributed by atoms with van der Waals surface area (Å²) in [5.41, 5.74) is 2.37. The summed E-state index contributed by atoms with van der Waals surface area (Å²) in [5, 5.41) is 8.63. The van der Waals surface area contributed by atoms with E-state index < -0.39 is 0 Å². The number of benzene rings is 1. The first-order chi connectivity index (χ1) is 13.2. The highest BCUT2D eigenvalue weighted by molar-refractivity contribution is 5.94. The molecule has 0 N–H and O–H groups in total. The lowest BCUT2D eigenvalue weighted by atomic mass is 10.1. The van der Waals surface area contributed by atoms with Gasteiger partial charge < -0.3 is 9.42 Å². The summed E-state index contributed by atoms with van der Waals surface area (Å²) in [6.45, 7) is 0.691. The van der Waals surface area contributed by atoms with Crippen molar-refractivity contribution in [2.75, 3.05) is 6.54 Å². The normalized spacial score (nSPS) is 19.6. The van der Waals surface area contributed by atoms with Gasteiger partial charge in [-0.05, 0) is 31.7 Å². The van der Waals surface area contributed by atoms with E-state index in [1.807, 2.05) is 48.3 Å². The van der Waals surface area contributed by atoms with Gasteiger partial charge in [0.05, 0.1) is 5.69 Å². The van der Waals surface area contributed by atoms with E-state index >= 15 is 0 Å². The first-order valence-corrected chi connectivity index (χ1v) is 9.44. The summed E-state index contributed by atoms with van der Waals surface area (Å²) in [7, 11) is 1.81. The smallest absolute Gasteiger partial charge is 0.272 e. The lowest BCUT2D eigenvalue weighted by molar-refractivity contribution is 0.0699. The summed E-state index contributed by atoms with van der Waals surface area (Å²) >= 11 is 0. The molecular formula is C20H21N5O2. The predicted octanol–water partition coefficient (Wildman–Crippen LogP) is 3.32. The number of carbonyl (C=O) groups is 1. The van der Waals surface area contributed by atoms with Crippen LogP contribution < -0.4 is 0 Å². The number of aromatic nitrogens is 4. The van der Waals surface area contributed by atoms with Gasteiger partial charge in [0.2, 0.25) is 5.89 Å². The predicted molar refractivity (Wildman–Crippen MR) is 97.9 cm³/mol. The lowest BCUT2D eigenvalue weighted by Gasteiger charge is -2.21. The molecule has 1 aliphatic carbocycles. The van der Waals surface area contributed by atoms with E-state index in [9.17, 15) is 4.79 Å². The van der Waals surface area contributed by atoms with Gasteiger partial charge in [0.25, 0.3) is 5.91 Å². The maximum Gasteiger partial charge on any atom is 0.272 e. The van der Waals surface area contributed by atoms with Crippen LogP contribution in [-0.4, -0.2) is 37.3 Å². The molecule has 3 aromatic rings. The molecule has 27 heavy (non-hydrogen) atoms. The number of rotatable bonds is 4. The quantitative estimate of drug-likeness (QED) is 0.711. The van der Waals surface area contributed by atoms with Crippen molar-refractivity contribution in [3.05, 3.63) is 53.8 Å². The maximum atomic E-state index is 13.2. The minimum absolute atomic E-state index is 0.0409. The van der Waals surface area contributed by atoms with Crippen LogP contribution in [0.25, 0.3) is 11.3 Å². The third kappa shape index (κ3) is 2.93. The van der Waals surface area contributed by atoms with Gasteiger partial charge in [-0.15, -0.1) is 0 Å². The largest absolute Gasteiger partial charge is 0.337 e. The fourth-order valence-corrected chi connectivity index (χ4v) is 3.72. The Balaban J connectivity index is 1.41. The van der Waals surface area contributed by atoms with Crippen molar-refractivity contribution in [3.8, 4) is 11.3 Å². The molecule has 1 saturated heterocycles. The molecule has 1 atom stereocenters. The number of carbonyl (C=O) groups excluding carboxylic acids is 1. The highest BCUT2D eigenvalue weighted by Gasteiger charge is 2.37. The summed E-state index contributed by atoms with van der Waals surface area (Å²) in [6, 6.07) is 11.6. The second-order valence-corrected chi connectivity index (χ2v) is 7.33. The minimum Gasteiger partial charge on any atom is -0.337 e. The first kappa shape index (κ1) is 16.2. The summed E-state index contributed by atoms with van der Waals surface area (Å²) in [5.74, 6) is 1.75. The molecule has 2 fully saturated rings. The molecule has 3 heterocycles. The van der Waals surface area contributed by atoms with Gasteiger partial charge in [-0.2, -0.15) is 10.1 Å². The van der Waals surface area contributed by atoms with Crippen molar-refractivity contribution in [1.29, 1.82) is 0 Å². The molecule has 7 heteroatoms. The number of nitrogens with zero attached hydrogens (tertiary/aromatic N) is 5. The van der Waals surface area contributed by atoms with E-state index in [-0.39, 0.29) is 11.9 Å². The number of likely N-dealkylation sites (tertiary alicyclic amines) is 1. The van der Waals surface area contributed by atoms with Crippen LogP contribution in [0, 0.1) is 0 Å². The van der Waals surface area contributed by atoms with Crippen LogP contribution in [0.3, 0.4) is 0 Å². The third-order valence-electron chi connectivity index (χ3n) is 5.37. The molecule has 2 aliphatic rings. The molecular weight excluding hydrogens is 342 g/mol. The number of hydrogen-bond donors (Lipinski definition) is 0. The number of hydrogen-bond acceptors (Lipinski definition) is 5. The van der Waals surface area contributed by atoms with E-state index in [0.29, 0.717) is 24.0 Å². The summed E-state index contributed by atoms with van der Waals surface area (Å²) < 4.78 is 7.15. The molecule has 1 aliphatic heterocycles. The standard InChI is InChI=1S/C20H21N5O2/c1-24-17(12-15(22-24)13-6-3-2-4-7-13)20(26)25-11-5-8-16(25)19-21-18(23-27-19)14-9-10-14/h2-4,6-7,12,14,16H,5,8-11H2,1H3. The zero-order chi connectivity index (χ0) is 18.4. The Bertz CT molecular complexity index is 973. The number of amides is 1. The zero-order valence-corrected chi connectivity index (χ0v) is 15.2. The highest BCUT2D eigenvalue weighted by Crippen LogP contribution is 2.40. The van der Waals surface area contributed by atoms with Crippen LogP contribution >= 0.6 is 0 Å². The van der Waals surface area contributed by atoms with E-state index in [4.69, 9.17) is 4.52 Å². The van der Waals surface area contributed by atoms with Crippen LogP contribution in [0.5, 0.6) is 0 Å². The molecule has 5 rings (SSSR count). The van der Waals surface area contributed by atoms with Gasteiger partial charge in [-0.3, -0.25) is 9.48 Å². The Morgan fingerprint density at radius 3 is 2.78 bits per heavy atom. The number of aryl methyl sites for hydroxylation is 1. The molecule has 1 amide bonds. The Kier molecular flexibility index (Phi) is 3.81. The molecule has 1 saturated carbocycles. The average molecular weight is 363 g/mol. The maximum absolute atomic E-state index is 13.2. The van der Waals surface area contributed by atoms with Crippen molar-refractivity contribution < 1.29 is 9.32 Å². The highest BCUT2D eigenvalue weighted by atomic mass is 16.5. The van der Waals surface area contributed by atoms with Crippen LogP contribution in [-0.2, 0) is 7.05 Å². The molecule has 0 bridgehead atoms. The molecule has 7 nitrogen and oxygen atoms in total.